The van der Waals surface area contributed by atoms with Crippen molar-refractivity contribution in [3.05, 3.63) is 108 Å². The maximum absolute atomic E-state index is 14.0. The second kappa shape index (κ2) is 10.7. The van der Waals surface area contributed by atoms with Crippen LogP contribution in [0.3, 0.4) is 0 Å². The number of fused-ring (bicyclic) bond motifs is 1. The minimum atomic E-state index is -3.88. The van der Waals surface area contributed by atoms with E-state index < -0.39 is 21.6 Å². The minimum absolute atomic E-state index is 0.0543. The average molecular weight is 625 g/mol. The summed E-state index contributed by atoms with van der Waals surface area (Å²) in [6.45, 7) is 4.16. The molecule has 0 radical (unpaired) electrons. The summed E-state index contributed by atoms with van der Waals surface area (Å²) in [5, 5.41) is 22.7. The Bertz CT molecular complexity index is 2050. The van der Waals surface area contributed by atoms with Gasteiger partial charge in [0.05, 0.1) is 34.7 Å². The number of hydrogen-bond acceptors (Lipinski definition) is 7. The Morgan fingerprint density at radius 3 is 2.51 bits per heavy atom. The van der Waals surface area contributed by atoms with Crippen LogP contribution in [0.25, 0.3) is 16.8 Å². The zero-order valence-electron chi connectivity index (χ0n) is 25.0. The lowest BCUT2D eigenvalue weighted by Gasteiger charge is -2.29. The molecule has 1 fully saturated rings. The van der Waals surface area contributed by atoms with Crippen LogP contribution in [0, 0.1) is 0 Å². The quantitative estimate of drug-likeness (QED) is 0.268. The van der Waals surface area contributed by atoms with Crippen LogP contribution < -0.4 is 4.74 Å². The maximum Gasteiger partial charge on any atom is 0.339 e. The van der Waals surface area contributed by atoms with Crippen molar-refractivity contribution in [3.8, 4) is 22.6 Å². The van der Waals surface area contributed by atoms with Gasteiger partial charge in [0.2, 0.25) is 10.0 Å². The van der Waals surface area contributed by atoms with Gasteiger partial charge in [-0.1, -0.05) is 47.7 Å². The number of para-hydroxylation sites is 1. The predicted octanol–water partition coefficient (Wildman–Crippen LogP) is 5.00. The summed E-state index contributed by atoms with van der Waals surface area (Å²) in [5.74, 6) is -0.373. The second-order valence-corrected chi connectivity index (χ2v) is 14.2. The molecule has 1 saturated carbocycles. The first-order chi connectivity index (χ1) is 21.5. The third-order valence-electron chi connectivity index (χ3n) is 8.34. The van der Waals surface area contributed by atoms with Crippen LogP contribution in [0.1, 0.15) is 59.4 Å². The molecule has 1 N–H and O–H groups in total. The Kier molecular flexibility index (Phi) is 6.86. The number of sulfonamides is 1. The number of nitrogens with zero attached hydrogens (tertiary/aromatic N) is 6. The normalized spacial score (nSPS) is 19.4. The molecule has 3 aromatic carbocycles. The van der Waals surface area contributed by atoms with Gasteiger partial charge >= 0.3 is 5.97 Å². The number of aryl methyl sites for hydroxylation is 1. The van der Waals surface area contributed by atoms with E-state index in [2.05, 4.69) is 15.4 Å². The fourth-order valence-electron chi connectivity index (χ4n) is 6.15. The molecule has 11 nitrogen and oxygen atoms in total. The largest absolute Gasteiger partial charge is 0.486 e. The number of benzene rings is 3. The molecule has 2 aliphatic rings. The van der Waals surface area contributed by atoms with Crippen LogP contribution in [0.15, 0.2) is 90.1 Å². The molecule has 12 heteroatoms. The molecule has 0 spiro atoms. The molecular formula is C33H32N6O5S. The van der Waals surface area contributed by atoms with Gasteiger partial charge in [0.15, 0.2) is 0 Å². The molecule has 230 valence electrons. The van der Waals surface area contributed by atoms with Crippen molar-refractivity contribution in [3.63, 3.8) is 0 Å². The van der Waals surface area contributed by atoms with Crippen LogP contribution in [0.2, 0.25) is 0 Å². The summed E-state index contributed by atoms with van der Waals surface area (Å²) in [6, 6.07) is 21.9. The van der Waals surface area contributed by atoms with Crippen molar-refractivity contribution in [1.29, 1.82) is 0 Å². The van der Waals surface area contributed by atoms with Gasteiger partial charge in [-0.25, -0.2) is 17.9 Å². The van der Waals surface area contributed by atoms with Gasteiger partial charge in [-0.05, 0) is 61.7 Å². The highest BCUT2D eigenvalue weighted by Crippen LogP contribution is 2.55. The highest BCUT2D eigenvalue weighted by atomic mass is 32.2. The number of rotatable bonds is 7. The van der Waals surface area contributed by atoms with Crippen molar-refractivity contribution in [2.45, 2.75) is 49.1 Å². The number of aromatic carboxylic acids is 1. The number of carboxylic acids is 1. The fourth-order valence-corrected chi connectivity index (χ4v) is 7.77. The van der Waals surface area contributed by atoms with E-state index >= 15 is 0 Å². The lowest BCUT2D eigenvalue weighted by atomic mass is 10.0. The highest BCUT2D eigenvalue weighted by molar-refractivity contribution is 7.89. The molecule has 0 bridgehead atoms. The molecule has 0 amide bonds. The van der Waals surface area contributed by atoms with Crippen LogP contribution in [-0.2, 0) is 23.6 Å². The van der Waals surface area contributed by atoms with Crippen molar-refractivity contribution in [1.82, 2.24) is 29.1 Å². The smallest absolute Gasteiger partial charge is 0.339 e. The maximum atomic E-state index is 14.0. The van der Waals surface area contributed by atoms with Crippen molar-refractivity contribution >= 4 is 16.0 Å². The molecule has 0 unspecified atom stereocenters. The van der Waals surface area contributed by atoms with Crippen LogP contribution in [0.5, 0.6) is 5.75 Å². The standard InChI is InChI=1S/C33H32N6O5S/c1-33(2)20-38(18-23-8-4-5-13-30(23)44-33)45(42,43)25-12-7-10-22(15-25)21-9-6-11-24(14-21)39-31(28(17-34-39)32(40)41)27-16-26(27)29-19-37(3)36-35-29/h4-15,17,19,26-27H,16,18,20H2,1-3H3,(H,40,41)/t26-,27-/m1/s1. The van der Waals surface area contributed by atoms with E-state index in [0.29, 0.717) is 22.7 Å². The van der Waals surface area contributed by atoms with Gasteiger partial charge in [-0.2, -0.15) is 9.40 Å². The molecule has 0 saturated heterocycles. The lowest BCUT2D eigenvalue weighted by molar-refractivity contribution is 0.0695. The molecule has 7 rings (SSSR count). The average Bonchev–Trinajstić information content (AvgIpc) is 3.51. The summed E-state index contributed by atoms with van der Waals surface area (Å²) in [7, 11) is -2.08. The van der Waals surface area contributed by atoms with Gasteiger partial charge in [-0.3, -0.25) is 4.68 Å². The zero-order valence-corrected chi connectivity index (χ0v) is 25.8. The summed E-state index contributed by atoms with van der Waals surface area (Å²) < 4.78 is 39.0. The van der Waals surface area contributed by atoms with Crippen LogP contribution >= 0.6 is 0 Å². The third kappa shape index (κ3) is 5.40. The number of carbonyl (C=O) groups is 1. The Morgan fingerprint density at radius 1 is 1.00 bits per heavy atom. The SMILES string of the molecule is Cn1cc([C@@H]2C[C@H]2c2c(C(=O)O)cnn2-c2cccc(-c3cccc(S(=O)(=O)N4Cc5ccccc5OC(C)(C)C4)c3)c2)nn1. The van der Waals surface area contributed by atoms with Gasteiger partial charge < -0.3 is 9.84 Å². The first kappa shape index (κ1) is 28.9. The fraction of sp³-hybridized carbons (Fsp3) is 0.273. The molecule has 2 aromatic heterocycles. The van der Waals surface area contributed by atoms with E-state index in [0.717, 1.165) is 23.2 Å². The molecule has 45 heavy (non-hydrogen) atoms. The van der Waals surface area contributed by atoms with E-state index in [1.165, 1.54) is 10.5 Å². The van der Waals surface area contributed by atoms with Gasteiger partial charge in [0, 0.05) is 37.2 Å². The zero-order chi connectivity index (χ0) is 31.5. The Balaban J connectivity index is 1.22. The summed E-state index contributed by atoms with van der Waals surface area (Å²) in [5.41, 5.74) is 3.82. The van der Waals surface area contributed by atoms with Crippen molar-refractivity contribution in [2.75, 3.05) is 6.54 Å². The monoisotopic (exact) mass is 624 g/mol. The third-order valence-corrected chi connectivity index (χ3v) is 10.1. The van der Waals surface area contributed by atoms with Gasteiger partial charge in [0.1, 0.15) is 16.9 Å². The molecule has 3 heterocycles. The molecular weight excluding hydrogens is 592 g/mol. The molecule has 1 aliphatic carbocycles. The van der Waals surface area contributed by atoms with Crippen LogP contribution in [0.4, 0.5) is 0 Å². The van der Waals surface area contributed by atoms with Crippen molar-refractivity contribution in [2.24, 2.45) is 7.05 Å². The van der Waals surface area contributed by atoms with E-state index in [-0.39, 0.29) is 35.4 Å². The summed E-state index contributed by atoms with van der Waals surface area (Å²) in [6.07, 6.45) is 3.98. The van der Waals surface area contributed by atoms with E-state index in [9.17, 15) is 18.3 Å². The number of ether oxygens (including phenoxy) is 1. The molecule has 5 aromatic rings. The Morgan fingerprint density at radius 2 is 1.76 bits per heavy atom. The Labute approximate surface area is 260 Å². The first-order valence-corrected chi connectivity index (χ1v) is 16.1. The topological polar surface area (TPSA) is 132 Å². The lowest BCUT2D eigenvalue weighted by Crippen LogP contribution is -2.43. The molecule has 1 aliphatic heterocycles. The highest BCUT2D eigenvalue weighted by Gasteiger charge is 2.46. The van der Waals surface area contributed by atoms with E-state index in [1.54, 1.807) is 34.6 Å². The minimum Gasteiger partial charge on any atom is -0.486 e. The second-order valence-electron chi connectivity index (χ2n) is 12.2. The van der Waals surface area contributed by atoms with E-state index in [4.69, 9.17) is 4.74 Å². The van der Waals surface area contributed by atoms with Gasteiger partial charge in [0.25, 0.3) is 0 Å². The van der Waals surface area contributed by atoms with Crippen LogP contribution in [-0.4, -0.2) is 60.7 Å². The summed E-state index contributed by atoms with van der Waals surface area (Å²) >= 11 is 0. The summed E-state index contributed by atoms with van der Waals surface area (Å²) in [4.78, 5) is 12.4. The number of hydrogen-bond donors (Lipinski definition) is 1. The Hall–Kier alpha value is -4.81. The van der Waals surface area contributed by atoms with Gasteiger partial charge in [-0.15, -0.1) is 5.10 Å². The number of carboxylic acid groups (broad SMARTS) is 1. The van der Waals surface area contributed by atoms with E-state index in [1.807, 2.05) is 74.6 Å². The first-order valence-electron chi connectivity index (χ1n) is 14.7. The number of aromatic nitrogens is 5. The predicted molar refractivity (Wildman–Crippen MR) is 166 cm³/mol. The van der Waals surface area contributed by atoms with Crippen molar-refractivity contribution < 1.29 is 23.1 Å². The molecule has 2 atom stereocenters.